The standard InChI is InChI=1S/C26H28N2O5/c1-17-23(18(2)33-27-17)15-30-22-9-5-6-20(13-22)26(29)28(21-7-3-4-8-21)14-19-10-11-24-25(12-19)32-16-31-24/h5-6,9-13,21H,3-4,7-8,14-16H2,1-2H3. The van der Waals surface area contributed by atoms with Crippen molar-refractivity contribution in [1.82, 2.24) is 10.1 Å². The highest BCUT2D eigenvalue weighted by molar-refractivity contribution is 5.94. The van der Waals surface area contributed by atoms with Crippen molar-refractivity contribution in [1.29, 1.82) is 0 Å². The number of carbonyl (C=O) groups excluding carboxylic acids is 1. The van der Waals surface area contributed by atoms with Crippen LogP contribution in [0.5, 0.6) is 17.2 Å². The molecular weight excluding hydrogens is 420 g/mol. The number of aryl methyl sites for hydroxylation is 2. The third-order valence-corrected chi connectivity index (χ3v) is 6.46. The summed E-state index contributed by atoms with van der Waals surface area (Å²) < 4.78 is 22.1. The lowest BCUT2D eigenvalue weighted by Crippen LogP contribution is -2.38. The molecule has 0 bridgehead atoms. The highest BCUT2D eigenvalue weighted by atomic mass is 16.7. The van der Waals surface area contributed by atoms with Gasteiger partial charge in [0.1, 0.15) is 18.1 Å². The zero-order valence-electron chi connectivity index (χ0n) is 19.0. The molecule has 33 heavy (non-hydrogen) atoms. The van der Waals surface area contributed by atoms with Crippen LogP contribution in [-0.4, -0.2) is 28.8 Å². The van der Waals surface area contributed by atoms with E-state index in [4.69, 9.17) is 18.7 Å². The molecule has 7 heteroatoms. The van der Waals surface area contributed by atoms with Gasteiger partial charge in [-0.15, -0.1) is 0 Å². The van der Waals surface area contributed by atoms with Crippen LogP contribution < -0.4 is 14.2 Å². The van der Waals surface area contributed by atoms with Crippen molar-refractivity contribution in [3.05, 3.63) is 70.6 Å². The summed E-state index contributed by atoms with van der Waals surface area (Å²) in [6, 6.07) is 13.5. The average Bonchev–Trinajstić information content (AvgIpc) is 3.58. The first-order chi connectivity index (χ1) is 16.1. The molecule has 3 aromatic rings. The minimum absolute atomic E-state index is 0.0161. The normalized spacial score (nSPS) is 15.1. The van der Waals surface area contributed by atoms with E-state index in [2.05, 4.69) is 5.16 Å². The van der Waals surface area contributed by atoms with Crippen LogP contribution in [0, 0.1) is 13.8 Å². The molecule has 1 amide bonds. The monoisotopic (exact) mass is 448 g/mol. The average molecular weight is 449 g/mol. The molecule has 2 aliphatic rings. The number of hydrogen-bond acceptors (Lipinski definition) is 6. The maximum atomic E-state index is 13.7. The van der Waals surface area contributed by atoms with Crippen molar-refractivity contribution >= 4 is 5.91 Å². The maximum Gasteiger partial charge on any atom is 0.254 e. The fourth-order valence-corrected chi connectivity index (χ4v) is 4.57. The van der Waals surface area contributed by atoms with Crippen LogP contribution in [0.2, 0.25) is 0 Å². The van der Waals surface area contributed by atoms with Gasteiger partial charge >= 0.3 is 0 Å². The van der Waals surface area contributed by atoms with Gasteiger partial charge in [-0.25, -0.2) is 0 Å². The van der Waals surface area contributed by atoms with Gasteiger partial charge in [0, 0.05) is 18.2 Å². The summed E-state index contributed by atoms with van der Waals surface area (Å²) in [6.07, 6.45) is 4.35. The second-order valence-electron chi connectivity index (χ2n) is 8.68. The van der Waals surface area contributed by atoms with E-state index in [1.807, 2.05) is 61.2 Å². The van der Waals surface area contributed by atoms with E-state index < -0.39 is 0 Å². The molecule has 0 N–H and O–H groups in total. The van der Waals surface area contributed by atoms with Gasteiger partial charge in [-0.2, -0.15) is 0 Å². The number of benzene rings is 2. The number of amides is 1. The maximum absolute atomic E-state index is 13.7. The van der Waals surface area contributed by atoms with E-state index in [0.717, 1.165) is 59.8 Å². The molecule has 0 saturated heterocycles. The molecule has 0 unspecified atom stereocenters. The number of hydrogen-bond donors (Lipinski definition) is 0. The van der Waals surface area contributed by atoms with Crippen molar-refractivity contribution in [2.75, 3.05) is 6.79 Å². The third-order valence-electron chi connectivity index (χ3n) is 6.46. The largest absolute Gasteiger partial charge is 0.489 e. The number of carbonyl (C=O) groups is 1. The van der Waals surface area contributed by atoms with Gasteiger partial charge in [0.05, 0.1) is 11.3 Å². The summed E-state index contributed by atoms with van der Waals surface area (Å²) in [5.41, 5.74) is 3.40. The topological polar surface area (TPSA) is 74.0 Å². The Morgan fingerprint density at radius 2 is 1.91 bits per heavy atom. The zero-order chi connectivity index (χ0) is 22.8. The first-order valence-electron chi connectivity index (χ1n) is 11.4. The molecule has 1 aliphatic carbocycles. The summed E-state index contributed by atoms with van der Waals surface area (Å²) in [5, 5.41) is 3.97. The molecule has 1 saturated carbocycles. The quantitative estimate of drug-likeness (QED) is 0.496. The fourth-order valence-electron chi connectivity index (χ4n) is 4.57. The van der Waals surface area contributed by atoms with E-state index in [-0.39, 0.29) is 18.7 Å². The summed E-state index contributed by atoms with van der Waals surface area (Å²) >= 11 is 0. The summed E-state index contributed by atoms with van der Waals surface area (Å²) in [5.74, 6) is 2.90. The lowest BCUT2D eigenvalue weighted by molar-refractivity contribution is 0.0663. The number of fused-ring (bicyclic) bond motifs is 1. The number of aromatic nitrogens is 1. The van der Waals surface area contributed by atoms with Gasteiger partial charge < -0.3 is 23.6 Å². The van der Waals surface area contributed by atoms with Crippen molar-refractivity contribution in [2.45, 2.75) is 58.7 Å². The van der Waals surface area contributed by atoms with Crippen LogP contribution in [0.25, 0.3) is 0 Å². The van der Waals surface area contributed by atoms with Gasteiger partial charge in [-0.05, 0) is 62.6 Å². The first kappa shape index (κ1) is 21.4. The predicted octanol–water partition coefficient (Wildman–Crippen LogP) is 5.18. The van der Waals surface area contributed by atoms with Gasteiger partial charge in [0.2, 0.25) is 6.79 Å². The first-order valence-corrected chi connectivity index (χ1v) is 11.4. The highest BCUT2D eigenvalue weighted by Crippen LogP contribution is 2.34. The van der Waals surface area contributed by atoms with Crippen LogP contribution in [0.4, 0.5) is 0 Å². The van der Waals surface area contributed by atoms with E-state index in [1.54, 1.807) is 0 Å². The van der Waals surface area contributed by atoms with Crippen molar-refractivity contribution in [3.8, 4) is 17.2 Å². The van der Waals surface area contributed by atoms with Crippen LogP contribution in [0.1, 0.15) is 58.6 Å². The smallest absolute Gasteiger partial charge is 0.254 e. The Hall–Kier alpha value is -3.48. The van der Waals surface area contributed by atoms with Gasteiger partial charge in [-0.1, -0.05) is 30.1 Å². The number of ether oxygens (including phenoxy) is 3. The van der Waals surface area contributed by atoms with Crippen molar-refractivity contribution in [3.63, 3.8) is 0 Å². The Labute approximate surface area is 193 Å². The third kappa shape index (κ3) is 4.53. The second-order valence-corrected chi connectivity index (χ2v) is 8.68. The Morgan fingerprint density at radius 1 is 1.09 bits per heavy atom. The van der Waals surface area contributed by atoms with Crippen LogP contribution >= 0.6 is 0 Å². The second kappa shape index (κ2) is 9.17. The van der Waals surface area contributed by atoms with Crippen LogP contribution in [0.3, 0.4) is 0 Å². The Morgan fingerprint density at radius 3 is 2.70 bits per heavy atom. The molecular formula is C26H28N2O5. The summed E-state index contributed by atoms with van der Waals surface area (Å²) in [7, 11) is 0. The summed E-state index contributed by atoms with van der Waals surface area (Å²) in [6.45, 7) is 4.89. The molecule has 0 radical (unpaired) electrons. The number of rotatable bonds is 7. The molecule has 172 valence electrons. The zero-order valence-corrected chi connectivity index (χ0v) is 19.0. The molecule has 0 spiro atoms. The number of nitrogens with zero attached hydrogens (tertiary/aromatic N) is 2. The molecule has 2 heterocycles. The van der Waals surface area contributed by atoms with E-state index in [1.165, 1.54) is 0 Å². The molecule has 1 fully saturated rings. The molecule has 1 aliphatic heterocycles. The molecule has 1 aromatic heterocycles. The fraction of sp³-hybridized carbons (Fsp3) is 0.385. The minimum atomic E-state index is 0.0161. The Bertz CT molecular complexity index is 1130. The van der Waals surface area contributed by atoms with E-state index in [0.29, 0.717) is 24.5 Å². The highest BCUT2D eigenvalue weighted by Gasteiger charge is 2.28. The van der Waals surface area contributed by atoms with Gasteiger partial charge in [0.15, 0.2) is 11.5 Å². The Kier molecular flexibility index (Phi) is 5.94. The van der Waals surface area contributed by atoms with Crippen molar-refractivity contribution in [2.24, 2.45) is 0 Å². The SMILES string of the molecule is Cc1noc(C)c1COc1cccc(C(=O)N(Cc2ccc3c(c2)OCO3)C2CCCC2)c1. The minimum Gasteiger partial charge on any atom is -0.489 e. The van der Waals surface area contributed by atoms with E-state index in [9.17, 15) is 4.79 Å². The van der Waals surface area contributed by atoms with Crippen LogP contribution in [0.15, 0.2) is 47.0 Å². The summed E-state index contributed by atoms with van der Waals surface area (Å²) in [4.78, 5) is 15.7. The van der Waals surface area contributed by atoms with Crippen molar-refractivity contribution < 1.29 is 23.5 Å². The van der Waals surface area contributed by atoms with Gasteiger partial charge in [-0.3, -0.25) is 4.79 Å². The predicted molar refractivity (Wildman–Crippen MR) is 121 cm³/mol. The molecule has 5 rings (SSSR count). The Balaban J connectivity index is 1.35. The van der Waals surface area contributed by atoms with Gasteiger partial charge in [0.25, 0.3) is 5.91 Å². The molecule has 2 aromatic carbocycles. The molecule has 0 atom stereocenters. The van der Waals surface area contributed by atoms with Crippen LogP contribution in [-0.2, 0) is 13.2 Å². The lowest BCUT2D eigenvalue weighted by atomic mass is 10.1. The lowest BCUT2D eigenvalue weighted by Gasteiger charge is -2.29. The van der Waals surface area contributed by atoms with E-state index >= 15 is 0 Å². The molecule has 7 nitrogen and oxygen atoms in total.